The molecule has 1 aromatic rings. The Balaban J connectivity index is 1.60. The molecule has 0 spiro atoms. The molecule has 0 aliphatic heterocycles. The fraction of sp³-hybridized carbons (Fsp3) is 0.538. The van der Waals surface area contributed by atoms with Gasteiger partial charge in [0.15, 0.2) is 0 Å². The standard InChI is InChI=1S/C13H19N3O2/c17-12(16-10-13(18)5-2-6-13)15-8-4-11-3-1-7-14-9-11/h1,3,7,9,18H,2,4-6,8,10H2,(H2,15,16,17). The Labute approximate surface area is 107 Å². The maximum Gasteiger partial charge on any atom is 0.314 e. The molecule has 0 atom stereocenters. The van der Waals surface area contributed by atoms with Gasteiger partial charge in [0.1, 0.15) is 0 Å². The number of pyridine rings is 1. The van der Waals surface area contributed by atoms with Crippen molar-refractivity contribution < 1.29 is 9.90 Å². The number of aromatic nitrogens is 1. The van der Waals surface area contributed by atoms with Crippen LogP contribution >= 0.6 is 0 Å². The summed E-state index contributed by atoms with van der Waals surface area (Å²) in [6.07, 6.45) is 6.87. The molecule has 1 aliphatic carbocycles. The van der Waals surface area contributed by atoms with Gasteiger partial charge in [-0.25, -0.2) is 4.79 Å². The summed E-state index contributed by atoms with van der Waals surface area (Å²) in [5.41, 5.74) is 0.427. The first-order valence-corrected chi connectivity index (χ1v) is 6.31. The SMILES string of the molecule is O=C(NCCc1cccnc1)NCC1(O)CCC1. The van der Waals surface area contributed by atoms with Gasteiger partial charge in [-0.2, -0.15) is 0 Å². The number of hydrogen-bond donors (Lipinski definition) is 3. The lowest BCUT2D eigenvalue weighted by molar-refractivity contribution is -0.0290. The monoisotopic (exact) mass is 249 g/mol. The topological polar surface area (TPSA) is 74.2 Å². The molecule has 18 heavy (non-hydrogen) atoms. The van der Waals surface area contributed by atoms with Crippen LogP contribution in [0.25, 0.3) is 0 Å². The zero-order valence-electron chi connectivity index (χ0n) is 10.4. The normalized spacial score (nSPS) is 16.7. The van der Waals surface area contributed by atoms with E-state index >= 15 is 0 Å². The van der Waals surface area contributed by atoms with E-state index in [4.69, 9.17) is 0 Å². The number of carbonyl (C=O) groups excluding carboxylic acids is 1. The van der Waals surface area contributed by atoms with Crippen molar-refractivity contribution in [1.82, 2.24) is 15.6 Å². The average Bonchev–Trinajstić information content (AvgIpc) is 2.35. The smallest absolute Gasteiger partial charge is 0.314 e. The highest BCUT2D eigenvalue weighted by molar-refractivity contribution is 5.73. The molecule has 0 saturated heterocycles. The van der Waals surface area contributed by atoms with Crippen molar-refractivity contribution in [2.45, 2.75) is 31.3 Å². The summed E-state index contributed by atoms with van der Waals surface area (Å²) >= 11 is 0. The van der Waals surface area contributed by atoms with Crippen LogP contribution in [0.1, 0.15) is 24.8 Å². The number of rotatable bonds is 5. The Morgan fingerprint density at radius 3 is 2.89 bits per heavy atom. The van der Waals surface area contributed by atoms with Crippen LogP contribution in [0.15, 0.2) is 24.5 Å². The number of hydrogen-bond acceptors (Lipinski definition) is 3. The third-order valence-electron chi connectivity index (χ3n) is 3.28. The lowest BCUT2D eigenvalue weighted by atomic mass is 9.80. The quantitative estimate of drug-likeness (QED) is 0.724. The van der Waals surface area contributed by atoms with Crippen molar-refractivity contribution in [3.8, 4) is 0 Å². The lowest BCUT2D eigenvalue weighted by Crippen LogP contribution is -2.50. The summed E-state index contributed by atoms with van der Waals surface area (Å²) < 4.78 is 0. The third kappa shape index (κ3) is 3.70. The summed E-state index contributed by atoms with van der Waals surface area (Å²) in [6, 6.07) is 3.63. The summed E-state index contributed by atoms with van der Waals surface area (Å²) in [6.45, 7) is 0.904. The molecule has 1 saturated carbocycles. The van der Waals surface area contributed by atoms with E-state index in [2.05, 4.69) is 15.6 Å². The zero-order chi connectivity index (χ0) is 12.8. The van der Waals surface area contributed by atoms with Gasteiger partial charge in [-0.3, -0.25) is 4.98 Å². The number of urea groups is 1. The molecule has 1 fully saturated rings. The Hall–Kier alpha value is -1.62. The van der Waals surface area contributed by atoms with Crippen molar-refractivity contribution in [2.75, 3.05) is 13.1 Å². The molecule has 1 heterocycles. The van der Waals surface area contributed by atoms with E-state index in [0.717, 1.165) is 31.2 Å². The van der Waals surface area contributed by atoms with Gasteiger partial charge < -0.3 is 15.7 Å². The van der Waals surface area contributed by atoms with Gasteiger partial charge in [0.25, 0.3) is 0 Å². The van der Waals surface area contributed by atoms with Gasteiger partial charge in [0, 0.05) is 25.5 Å². The summed E-state index contributed by atoms with van der Waals surface area (Å²) in [7, 11) is 0. The Bertz CT molecular complexity index is 390. The minimum atomic E-state index is -0.666. The highest BCUT2D eigenvalue weighted by Gasteiger charge is 2.34. The molecular formula is C13H19N3O2. The molecule has 0 unspecified atom stereocenters. The van der Waals surface area contributed by atoms with E-state index in [9.17, 15) is 9.90 Å². The molecule has 0 aromatic carbocycles. The van der Waals surface area contributed by atoms with E-state index in [0.29, 0.717) is 13.1 Å². The second-order valence-electron chi connectivity index (χ2n) is 4.80. The van der Waals surface area contributed by atoms with Gasteiger partial charge in [-0.1, -0.05) is 6.07 Å². The fourth-order valence-corrected chi connectivity index (χ4v) is 1.94. The number of nitrogens with one attached hydrogen (secondary N) is 2. The minimum Gasteiger partial charge on any atom is -0.388 e. The van der Waals surface area contributed by atoms with Crippen molar-refractivity contribution >= 4 is 6.03 Å². The second kappa shape index (κ2) is 5.82. The summed E-state index contributed by atoms with van der Waals surface area (Å²) in [5, 5.41) is 15.3. The van der Waals surface area contributed by atoms with E-state index in [-0.39, 0.29) is 6.03 Å². The second-order valence-corrected chi connectivity index (χ2v) is 4.80. The summed E-state index contributed by atoms with van der Waals surface area (Å²) in [4.78, 5) is 15.5. The molecule has 2 amide bonds. The first kappa shape index (κ1) is 12.8. The average molecular weight is 249 g/mol. The van der Waals surface area contributed by atoms with Crippen LogP contribution in [-0.4, -0.2) is 34.8 Å². The molecule has 1 aliphatic rings. The predicted octanol–water partition coefficient (Wildman–Crippen LogP) is 0.838. The Morgan fingerprint density at radius 2 is 2.28 bits per heavy atom. The largest absolute Gasteiger partial charge is 0.388 e. The van der Waals surface area contributed by atoms with E-state index in [1.807, 2.05) is 12.1 Å². The van der Waals surface area contributed by atoms with Gasteiger partial charge in [-0.15, -0.1) is 0 Å². The van der Waals surface area contributed by atoms with Crippen LogP contribution in [0, 0.1) is 0 Å². The predicted molar refractivity (Wildman–Crippen MR) is 68.1 cm³/mol. The van der Waals surface area contributed by atoms with Crippen molar-refractivity contribution in [1.29, 1.82) is 0 Å². The molecular weight excluding hydrogens is 230 g/mol. The number of carbonyl (C=O) groups is 1. The van der Waals surface area contributed by atoms with Crippen LogP contribution in [-0.2, 0) is 6.42 Å². The third-order valence-corrected chi connectivity index (χ3v) is 3.28. The molecule has 1 aromatic heterocycles. The van der Waals surface area contributed by atoms with Crippen molar-refractivity contribution in [3.63, 3.8) is 0 Å². The summed E-state index contributed by atoms with van der Waals surface area (Å²) in [5.74, 6) is 0. The van der Waals surface area contributed by atoms with Crippen LogP contribution in [0.4, 0.5) is 4.79 Å². The van der Waals surface area contributed by atoms with Gasteiger partial charge in [-0.05, 0) is 37.3 Å². The van der Waals surface area contributed by atoms with Gasteiger partial charge in [0.2, 0.25) is 0 Å². The Morgan fingerprint density at radius 1 is 1.44 bits per heavy atom. The number of aliphatic hydroxyl groups is 1. The molecule has 2 rings (SSSR count). The molecule has 0 bridgehead atoms. The maximum absolute atomic E-state index is 11.5. The van der Waals surface area contributed by atoms with E-state index in [1.54, 1.807) is 12.4 Å². The molecule has 0 radical (unpaired) electrons. The van der Waals surface area contributed by atoms with Crippen molar-refractivity contribution in [2.24, 2.45) is 0 Å². The zero-order valence-corrected chi connectivity index (χ0v) is 10.4. The highest BCUT2D eigenvalue weighted by Crippen LogP contribution is 2.30. The first-order chi connectivity index (χ1) is 8.68. The van der Waals surface area contributed by atoms with Gasteiger partial charge >= 0.3 is 6.03 Å². The molecule has 5 heteroatoms. The van der Waals surface area contributed by atoms with Crippen molar-refractivity contribution in [3.05, 3.63) is 30.1 Å². The van der Waals surface area contributed by atoms with Crippen LogP contribution in [0.3, 0.4) is 0 Å². The molecule has 3 N–H and O–H groups in total. The first-order valence-electron chi connectivity index (χ1n) is 6.31. The van der Waals surface area contributed by atoms with Crippen LogP contribution in [0.2, 0.25) is 0 Å². The van der Waals surface area contributed by atoms with E-state index < -0.39 is 5.60 Å². The fourth-order valence-electron chi connectivity index (χ4n) is 1.94. The molecule has 5 nitrogen and oxygen atoms in total. The lowest BCUT2D eigenvalue weighted by Gasteiger charge is -2.36. The Kier molecular flexibility index (Phi) is 4.15. The minimum absolute atomic E-state index is 0.223. The van der Waals surface area contributed by atoms with Crippen LogP contribution < -0.4 is 10.6 Å². The van der Waals surface area contributed by atoms with Crippen LogP contribution in [0.5, 0.6) is 0 Å². The number of amides is 2. The highest BCUT2D eigenvalue weighted by atomic mass is 16.3. The van der Waals surface area contributed by atoms with Gasteiger partial charge in [0.05, 0.1) is 5.60 Å². The van der Waals surface area contributed by atoms with E-state index in [1.165, 1.54) is 0 Å². The maximum atomic E-state index is 11.5. The molecule has 98 valence electrons. The number of nitrogens with zero attached hydrogens (tertiary/aromatic N) is 1.